The van der Waals surface area contributed by atoms with E-state index in [4.69, 9.17) is 10.3 Å². The van der Waals surface area contributed by atoms with Crippen molar-refractivity contribution in [3.8, 4) is 0 Å². The van der Waals surface area contributed by atoms with Crippen LogP contribution in [0.1, 0.15) is 28.7 Å². The Morgan fingerprint density at radius 3 is 2.63 bits per heavy atom. The van der Waals surface area contributed by atoms with Gasteiger partial charge < -0.3 is 4.42 Å². The van der Waals surface area contributed by atoms with Gasteiger partial charge in [0.25, 0.3) is 0 Å². The van der Waals surface area contributed by atoms with Crippen LogP contribution in [0.15, 0.2) is 33.2 Å². The van der Waals surface area contributed by atoms with E-state index >= 15 is 0 Å². The number of rotatable bonds is 4. The van der Waals surface area contributed by atoms with E-state index in [1.54, 1.807) is 6.07 Å². The van der Waals surface area contributed by atoms with Gasteiger partial charge in [-0.1, -0.05) is 22.0 Å². The van der Waals surface area contributed by atoms with Crippen molar-refractivity contribution in [1.82, 2.24) is 5.43 Å². The van der Waals surface area contributed by atoms with Crippen LogP contribution in [-0.2, 0) is 6.42 Å². The Kier molecular flexibility index (Phi) is 4.39. The zero-order valence-electron chi connectivity index (χ0n) is 10.8. The predicted molar refractivity (Wildman–Crippen MR) is 76.1 cm³/mol. The summed E-state index contributed by atoms with van der Waals surface area (Å²) in [5, 5.41) is 0. The first-order valence-electron chi connectivity index (χ1n) is 5.98. The number of aryl methyl sites for hydroxylation is 2. The molecule has 2 rings (SSSR count). The van der Waals surface area contributed by atoms with Crippen molar-refractivity contribution in [3.05, 3.63) is 57.2 Å². The van der Waals surface area contributed by atoms with E-state index in [2.05, 4.69) is 21.4 Å². The molecule has 0 saturated carbocycles. The number of hydrazine groups is 1. The van der Waals surface area contributed by atoms with E-state index in [9.17, 15) is 4.39 Å². The van der Waals surface area contributed by atoms with Crippen LogP contribution in [0.2, 0.25) is 0 Å². The first-order chi connectivity index (χ1) is 9.01. The van der Waals surface area contributed by atoms with Crippen molar-refractivity contribution in [2.24, 2.45) is 5.84 Å². The summed E-state index contributed by atoms with van der Waals surface area (Å²) in [7, 11) is 0. The van der Waals surface area contributed by atoms with E-state index in [0.717, 1.165) is 27.1 Å². The van der Waals surface area contributed by atoms with Crippen molar-refractivity contribution >= 4 is 15.9 Å². The second-order valence-electron chi connectivity index (χ2n) is 4.53. The van der Waals surface area contributed by atoms with E-state index < -0.39 is 0 Å². The third-order valence-corrected chi connectivity index (χ3v) is 3.83. The number of hydrogen-bond acceptors (Lipinski definition) is 3. The quantitative estimate of drug-likeness (QED) is 0.667. The second kappa shape index (κ2) is 5.86. The normalized spacial score (nSPS) is 12.7. The molecule has 3 N–H and O–H groups in total. The molecule has 0 amide bonds. The minimum absolute atomic E-state index is 0.0702. The molecule has 0 aliphatic carbocycles. The van der Waals surface area contributed by atoms with Crippen molar-refractivity contribution < 1.29 is 8.81 Å². The van der Waals surface area contributed by atoms with Gasteiger partial charge in [-0.05, 0) is 44.0 Å². The molecule has 1 unspecified atom stereocenters. The molecule has 0 bridgehead atoms. The average Bonchev–Trinajstić information content (AvgIpc) is 2.68. The highest BCUT2D eigenvalue weighted by Crippen LogP contribution is 2.27. The van der Waals surface area contributed by atoms with Crippen LogP contribution in [0.4, 0.5) is 4.39 Å². The molecule has 1 atom stereocenters. The molecule has 0 aliphatic rings. The Balaban J connectivity index is 2.26. The first-order valence-corrected chi connectivity index (χ1v) is 6.77. The predicted octanol–water partition coefficient (Wildman–Crippen LogP) is 3.55. The van der Waals surface area contributed by atoms with E-state index in [1.165, 1.54) is 12.1 Å². The molecule has 1 heterocycles. The number of benzene rings is 1. The van der Waals surface area contributed by atoms with Crippen LogP contribution >= 0.6 is 15.9 Å². The molecule has 0 fully saturated rings. The summed E-state index contributed by atoms with van der Waals surface area (Å²) in [5.41, 5.74) is 4.80. The van der Waals surface area contributed by atoms with Gasteiger partial charge in [0.2, 0.25) is 0 Å². The lowest BCUT2D eigenvalue weighted by atomic mass is 9.99. The lowest BCUT2D eigenvalue weighted by Crippen LogP contribution is -2.29. The van der Waals surface area contributed by atoms with E-state index in [1.807, 2.05) is 19.9 Å². The SMILES string of the molecule is Cc1cc(C(Cc2ccc(F)cc2Br)NN)c(C)o1. The second-order valence-corrected chi connectivity index (χ2v) is 5.38. The van der Waals surface area contributed by atoms with Gasteiger partial charge in [0.05, 0.1) is 6.04 Å². The van der Waals surface area contributed by atoms with Gasteiger partial charge in [0, 0.05) is 10.0 Å². The van der Waals surface area contributed by atoms with E-state index in [0.29, 0.717) is 6.42 Å². The van der Waals surface area contributed by atoms with Gasteiger partial charge in [-0.2, -0.15) is 0 Å². The maximum absolute atomic E-state index is 13.1. The van der Waals surface area contributed by atoms with Crippen molar-refractivity contribution in [2.45, 2.75) is 26.3 Å². The summed E-state index contributed by atoms with van der Waals surface area (Å²) in [6.07, 6.45) is 0.650. The van der Waals surface area contributed by atoms with Gasteiger partial charge in [-0.3, -0.25) is 11.3 Å². The topological polar surface area (TPSA) is 51.2 Å². The molecule has 1 aromatic carbocycles. The van der Waals surface area contributed by atoms with Crippen molar-refractivity contribution in [1.29, 1.82) is 0 Å². The molecule has 1 aromatic heterocycles. The zero-order valence-corrected chi connectivity index (χ0v) is 12.4. The van der Waals surface area contributed by atoms with Crippen LogP contribution in [0.5, 0.6) is 0 Å². The number of furan rings is 1. The molecule has 102 valence electrons. The van der Waals surface area contributed by atoms with Crippen LogP contribution in [0.3, 0.4) is 0 Å². The maximum Gasteiger partial charge on any atom is 0.124 e. The number of halogens is 2. The van der Waals surface area contributed by atoms with Crippen LogP contribution in [0, 0.1) is 19.7 Å². The number of hydrogen-bond donors (Lipinski definition) is 2. The standard InChI is InChI=1S/C14H16BrFN2O/c1-8-5-12(9(2)19-8)14(18-17)6-10-3-4-11(16)7-13(10)15/h3-5,7,14,18H,6,17H2,1-2H3. The van der Waals surface area contributed by atoms with Crippen molar-refractivity contribution in [2.75, 3.05) is 0 Å². The van der Waals surface area contributed by atoms with Gasteiger partial charge >= 0.3 is 0 Å². The lowest BCUT2D eigenvalue weighted by Gasteiger charge is -2.16. The van der Waals surface area contributed by atoms with Gasteiger partial charge in [0.1, 0.15) is 17.3 Å². The Morgan fingerprint density at radius 1 is 1.37 bits per heavy atom. The van der Waals surface area contributed by atoms with Crippen LogP contribution < -0.4 is 11.3 Å². The fourth-order valence-corrected chi connectivity index (χ4v) is 2.67. The molecule has 5 heteroatoms. The highest BCUT2D eigenvalue weighted by Gasteiger charge is 2.17. The molecule has 0 spiro atoms. The minimum atomic E-state index is -0.261. The number of nitrogens with one attached hydrogen (secondary N) is 1. The average molecular weight is 327 g/mol. The fraction of sp³-hybridized carbons (Fsp3) is 0.286. The van der Waals surface area contributed by atoms with Crippen LogP contribution in [-0.4, -0.2) is 0 Å². The van der Waals surface area contributed by atoms with E-state index in [-0.39, 0.29) is 11.9 Å². The molecule has 0 aliphatic heterocycles. The Morgan fingerprint density at radius 2 is 2.11 bits per heavy atom. The minimum Gasteiger partial charge on any atom is -0.466 e. The Hall–Kier alpha value is -1.17. The molecule has 3 nitrogen and oxygen atoms in total. The highest BCUT2D eigenvalue weighted by molar-refractivity contribution is 9.10. The summed E-state index contributed by atoms with van der Waals surface area (Å²) in [5.74, 6) is 7.07. The monoisotopic (exact) mass is 326 g/mol. The summed E-state index contributed by atoms with van der Waals surface area (Å²) >= 11 is 3.37. The third kappa shape index (κ3) is 3.23. The lowest BCUT2D eigenvalue weighted by molar-refractivity contribution is 0.484. The fourth-order valence-electron chi connectivity index (χ4n) is 2.16. The molecule has 0 radical (unpaired) electrons. The largest absolute Gasteiger partial charge is 0.466 e. The van der Waals surface area contributed by atoms with Crippen molar-refractivity contribution in [3.63, 3.8) is 0 Å². The van der Waals surface area contributed by atoms with Crippen LogP contribution in [0.25, 0.3) is 0 Å². The molecule has 19 heavy (non-hydrogen) atoms. The highest BCUT2D eigenvalue weighted by atomic mass is 79.9. The summed E-state index contributed by atoms with van der Waals surface area (Å²) in [4.78, 5) is 0. The smallest absolute Gasteiger partial charge is 0.124 e. The Labute approximate surface area is 120 Å². The van der Waals surface area contributed by atoms with Gasteiger partial charge in [-0.25, -0.2) is 4.39 Å². The first kappa shape index (κ1) is 14.2. The van der Waals surface area contributed by atoms with Gasteiger partial charge in [-0.15, -0.1) is 0 Å². The maximum atomic E-state index is 13.1. The number of nitrogens with two attached hydrogens (primary N) is 1. The summed E-state index contributed by atoms with van der Waals surface area (Å²) < 4.78 is 19.3. The molecular formula is C14H16BrFN2O. The van der Waals surface area contributed by atoms with Gasteiger partial charge in [0.15, 0.2) is 0 Å². The third-order valence-electron chi connectivity index (χ3n) is 3.10. The zero-order chi connectivity index (χ0) is 14.0. The molecule has 0 saturated heterocycles. The molecule has 2 aromatic rings. The summed E-state index contributed by atoms with van der Waals surface area (Å²) in [6, 6.07) is 6.56. The molecular weight excluding hydrogens is 311 g/mol. The Bertz CT molecular complexity index is 583. The summed E-state index contributed by atoms with van der Waals surface area (Å²) in [6.45, 7) is 3.81.